The molecule has 0 aliphatic heterocycles. The van der Waals surface area contributed by atoms with Gasteiger partial charge >= 0.3 is 0 Å². The van der Waals surface area contributed by atoms with E-state index in [0.29, 0.717) is 6.42 Å². The standard InChI is InChI=1S/C20H24N2O.ClH/c1-13-6-7-14(2)16(10-13)12-20(23)22-19-5-3-4-15-11-17(21)8-9-18(15)19;/h6-11,19H,3-5,12,21H2,1-2H3,(H,22,23);1H. The maximum atomic E-state index is 12.5. The molecule has 0 bridgehead atoms. The minimum absolute atomic E-state index is 0. The van der Waals surface area contributed by atoms with E-state index in [1.807, 2.05) is 12.1 Å². The summed E-state index contributed by atoms with van der Waals surface area (Å²) in [7, 11) is 0. The number of anilines is 1. The van der Waals surface area contributed by atoms with Crippen molar-refractivity contribution in [1.82, 2.24) is 5.32 Å². The molecular weight excluding hydrogens is 320 g/mol. The molecule has 1 aliphatic rings. The van der Waals surface area contributed by atoms with Crippen LogP contribution in [0.4, 0.5) is 5.69 Å². The number of halogens is 1. The Morgan fingerprint density at radius 3 is 2.79 bits per heavy atom. The zero-order chi connectivity index (χ0) is 16.4. The van der Waals surface area contributed by atoms with Gasteiger partial charge in [0.25, 0.3) is 0 Å². The van der Waals surface area contributed by atoms with E-state index in [1.165, 1.54) is 22.3 Å². The number of nitrogen functional groups attached to an aromatic ring is 1. The molecule has 128 valence electrons. The first kappa shape index (κ1) is 18.3. The van der Waals surface area contributed by atoms with Crippen LogP contribution in [0.25, 0.3) is 0 Å². The third-order valence-electron chi connectivity index (χ3n) is 4.67. The summed E-state index contributed by atoms with van der Waals surface area (Å²) in [6, 6.07) is 12.4. The number of carbonyl (C=O) groups is 1. The van der Waals surface area contributed by atoms with E-state index >= 15 is 0 Å². The first-order valence-corrected chi connectivity index (χ1v) is 8.27. The average molecular weight is 345 g/mol. The Labute approximate surface area is 150 Å². The maximum absolute atomic E-state index is 12.5. The van der Waals surface area contributed by atoms with Crippen LogP contribution < -0.4 is 11.1 Å². The van der Waals surface area contributed by atoms with Gasteiger partial charge in [0.2, 0.25) is 5.91 Å². The van der Waals surface area contributed by atoms with Crippen LogP contribution >= 0.6 is 12.4 Å². The molecule has 0 radical (unpaired) electrons. The van der Waals surface area contributed by atoms with Crippen molar-refractivity contribution in [2.45, 2.75) is 45.6 Å². The van der Waals surface area contributed by atoms with Gasteiger partial charge in [-0.1, -0.05) is 29.8 Å². The van der Waals surface area contributed by atoms with Gasteiger partial charge in [0.05, 0.1) is 12.5 Å². The average Bonchev–Trinajstić information content (AvgIpc) is 2.51. The summed E-state index contributed by atoms with van der Waals surface area (Å²) in [4.78, 5) is 12.5. The molecule has 3 nitrogen and oxygen atoms in total. The number of carbonyl (C=O) groups excluding carboxylic acids is 1. The quantitative estimate of drug-likeness (QED) is 0.825. The van der Waals surface area contributed by atoms with Gasteiger partial charge in [-0.15, -0.1) is 12.4 Å². The molecule has 4 heteroatoms. The molecule has 2 aromatic carbocycles. The Bertz CT molecular complexity index is 742. The summed E-state index contributed by atoms with van der Waals surface area (Å²) >= 11 is 0. The number of fused-ring (bicyclic) bond motifs is 1. The highest BCUT2D eigenvalue weighted by Crippen LogP contribution is 2.31. The fraction of sp³-hybridized carbons (Fsp3) is 0.350. The molecule has 0 heterocycles. The van der Waals surface area contributed by atoms with Gasteiger partial charge in [-0.3, -0.25) is 4.79 Å². The van der Waals surface area contributed by atoms with Crippen molar-refractivity contribution in [3.63, 3.8) is 0 Å². The van der Waals surface area contributed by atoms with Crippen molar-refractivity contribution < 1.29 is 4.79 Å². The Morgan fingerprint density at radius 1 is 1.21 bits per heavy atom. The molecule has 0 spiro atoms. The first-order valence-electron chi connectivity index (χ1n) is 8.27. The lowest BCUT2D eigenvalue weighted by atomic mass is 9.87. The summed E-state index contributed by atoms with van der Waals surface area (Å²) in [6.07, 6.45) is 3.57. The van der Waals surface area contributed by atoms with Gasteiger partial charge < -0.3 is 11.1 Å². The third kappa shape index (κ3) is 4.09. The van der Waals surface area contributed by atoms with Crippen molar-refractivity contribution in [1.29, 1.82) is 0 Å². The highest BCUT2D eigenvalue weighted by atomic mass is 35.5. The largest absolute Gasteiger partial charge is 0.399 e. The Morgan fingerprint density at radius 2 is 2.00 bits per heavy atom. The predicted octanol–water partition coefficient (Wildman–Crippen LogP) is 4.04. The Hall–Kier alpha value is -2.00. The molecule has 24 heavy (non-hydrogen) atoms. The number of nitrogens with one attached hydrogen (secondary N) is 1. The second-order valence-corrected chi connectivity index (χ2v) is 6.58. The number of aryl methyl sites for hydroxylation is 3. The molecule has 0 saturated carbocycles. The predicted molar refractivity (Wildman–Crippen MR) is 102 cm³/mol. The van der Waals surface area contributed by atoms with Crippen molar-refractivity contribution in [3.05, 3.63) is 64.2 Å². The van der Waals surface area contributed by atoms with Crippen LogP contribution in [0.3, 0.4) is 0 Å². The normalized spacial score (nSPS) is 16.0. The molecule has 0 saturated heterocycles. The Kier molecular flexibility index (Phi) is 5.89. The third-order valence-corrected chi connectivity index (χ3v) is 4.67. The second kappa shape index (κ2) is 7.71. The molecule has 1 atom stereocenters. The van der Waals surface area contributed by atoms with Gasteiger partial charge in [-0.25, -0.2) is 0 Å². The van der Waals surface area contributed by atoms with Crippen LogP contribution in [-0.2, 0) is 17.6 Å². The zero-order valence-electron chi connectivity index (χ0n) is 14.3. The number of amides is 1. The van der Waals surface area contributed by atoms with E-state index in [4.69, 9.17) is 5.73 Å². The SMILES string of the molecule is Cc1ccc(C)c(CC(=O)NC2CCCc3cc(N)ccc32)c1.Cl. The fourth-order valence-corrected chi connectivity index (χ4v) is 3.39. The van der Waals surface area contributed by atoms with Gasteiger partial charge in [-0.05, 0) is 67.5 Å². The summed E-state index contributed by atoms with van der Waals surface area (Å²) in [6.45, 7) is 4.11. The highest BCUT2D eigenvalue weighted by molar-refractivity contribution is 5.85. The molecule has 2 aromatic rings. The number of nitrogens with two attached hydrogens (primary N) is 1. The van der Waals surface area contributed by atoms with Crippen LogP contribution in [0.5, 0.6) is 0 Å². The Balaban J connectivity index is 0.00000208. The molecule has 0 aromatic heterocycles. The van der Waals surface area contributed by atoms with Crippen molar-refractivity contribution >= 4 is 24.0 Å². The number of rotatable bonds is 3. The molecule has 3 rings (SSSR count). The van der Waals surface area contributed by atoms with Crippen LogP contribution in [-0.4, -0.2) is 5.91 Å². The van der Waals surface area contributed by atoms with Crippen molar-refractivity contribution in [2.75, 3.05) is 5.73 Å². The van der Waals surface area contributed by atoms with Crippen molar-refractivity contribution in [2.24, 2.45) is 0 Å². The number of hydrogen-bond donors (Lipinski definition) is 2. The molecular formula is C20H25ClN2O. The molecule has 3 N–H and O–H groups in total. The van der Waals surface area contributed by atoms with E-state index in [2.05, 4.69) is 43.4 Å². The van der Waals surface area contributed by atoms with Gasteiger partial charge in [0.15, 0.2) is 0 Å². The summed E-state index contributed by atoms with van der Waals surface area (Å²) < 4.78 is 0. The molecule has 1 amide bonds. The number of hydrogen-bond acceptors (Lipinski definition) is 2. The monoisotopic (exact) mass is 344 g/mol. The van der Waals surface area contributed by atoms with Crippen molar-refractivity contribution in [3.8, 4) is 0 Å². The number of benzene rings is 2. The van der Waals surface area contributed by atoms with E-state index in [0.717, 1.165) is 30.5 Å². The minimum atomic E-state index is 0. The van der Waals surface area contributed by atoms with Crippen LogP contribution in [0.15, 0.2) is 36.4 Å². The first-order chi connectivity index (χ1) is 11.0. The van der Waals surface area contributed by atoms with Crippen LogP contribution in [0.2, 0.25) is 0 Å². The lowest BCUT2D eigenvalue weighted by molar-refractivity contribution is -0.121. The highest BCUT2D eigenvalue weighted by Gasteiger charge is 2.22. The molecule has 0 fully saturated rings. The topological polar surface area (TPSA) is 55.1 Å². The summed E-state index contributed by atoms with van der Waals surface area (Å²) in [5.74, 6) is 0.0911. The van der Waals surface area contributed by atoms with Crippen LogP contribution in [0, 0.1) is 13.8 Å². The van der Waals surface area contributed by atoms with E-state index in [-0.39, 0.29) is 24.4 Å². The summed E-state index contributed by atoms with van der Waals surface area (Å²) in [5, 5.41) is 3.21. The van der Waals surface area contributed by atoms with Gasteiger partial charge in [0, 0.05) is 5.69 Å². The lowest BCUT2D eigenvalue weighted by Gasteiger charge is -2.27. The second-order valence-electron chi connectivity index (χ2n) is 6.58. The van der Waals surface area contributed by atoms with E-state index in [9.17, 15) is 4.79 Å². The summed E-state index contributed by atoms with van der Waals surface area (Å²) in [5.41, 5.74) is 12.6. The van der Waals surface area contributed by atoms with Crippen LogP contribution in [0.1, 0.15) is 46.7 Å². The molecule has 1 unspecified atom stereocenters. The maximum Gasteiger partial charge on any atom is 0.224 e. The zero-order valence-corrected chi connectivity index (χ0v) is 15.1. The molecule has 1 aliphatic carbocycles. The smallest absolute Gasteiger partial charge is 0.224 e. The van der Waals surface area contributed by atoms with E-state index in [1.54, 1.807) is 0 Å². The van der Waals surface area contributed by atoms with E-state index < -0.39 is 0 Å². The van der Waals surface area contributed by atoms with Gasteiger partial charge in [-0.2, -0.15) is 0 Å². The minimum Gasteiger partial charge on any atom is -0.399 e. The van der Waals surface area contributed by atoms with Gasteiger partial charge in [0.1, 0.15) is 0 Å². The fourth-order valence-electron chi connectivity index (χ4n) is 3.39. The lowest BCUT2D eigenvalue weighted by Crippen LogP contribution is -2.32.